The number of aliphatic carboxylic acids is 1. The van der Waals surface area contributed by atoms with E-state index in [0.29, 0.717) is 0 Å². The molecule has 0 unspecified atom stereocenters. The van der Waals surface area contributed by atoms with Gasteiger partial charge in [-0.3, -0.25) is 9.59 Å². The van der Waals surface area contributed by atoms with Gasteiger partial charge in [-0.05, 0) is 0 Å². The average molecular weight is 129 g/mol. The Balaban J connectivity index is 3.28. The summed E-state index contributed by atoms with van der Waals surface area (Å²) in [5, 5.41) is 10.4. The number of hydrogen-bond donors (Lipinski definition) is 2. The molecular weight excluding hydrogens is 121 g/mol. The summed E-state index contributed by atoms with van der Waals surface area (Å²) in [6.45, 7) is 0. The molecule has 0 bridgehead atoms. The molecule has 0 saturated carbocycles. The van der Waals surface area contributed by atoms with E-state index in [0.717, 1.165) is 0 Å². The Bertz CT molecular complexity index is 125. The van der Waals surface area contributed by atoms with Crippen LogP contribution in [0.15, 0.2) is 0 Å². The summed E-state index contributed by atoms with van der Waals surface area (Å²) in [6, 6.07) is 0. The van der Waals surface area contributed by atoms with E-state index in [1.165, 1.54) is 7.98 Å². The average Bonchev–Trinajstić information content (AvgIpc) is 1.83. The van der Waals surface area contributed by atoms with Crippen molar-refractivity contribution in [1.29, 1.82) is 0 Å². The van der Waals surface area contributed by atoms with Crippen LogP contribution >= 0.6 is 0 Å². The second-order valence-corrected chi connectivity index (χ2v) is 1.57. The van der Waals surface area contributed by atoms with Gasteiger partial charge < -0.3 is 10.3 Å². The summed E-state index contributed by atoms with van der Waals surface area (Å²) in [5.41, 5.74) is 0. The van der Waals surface area contributed by atoms with Gasteiger partial charge in [-0.25, -0.2) is 0 Å². The Hall–Kier alpha value is -0.995. The number of carbonyl (C=O) groups is 2. The van der Waals surface area contributed by atoms with Gasteiger partial charge in [0.2, 0.25) is 13.9 Å². The van der Waals surface area contributed by atoms with E-state index < -0.39 is 5.97 Å². The third-order valence-electron chi connectivity index (χ3n) is 0.845. The first kappa shape index (κ1) is 8.00. The molecule has 0 aliphatic heterocycles. The Kier molecular flexibility index (Phi) is 3.51. The molecule has 4 nitrogen and oxygen atoms in total. The van der Waals surface area contributed by atoms with Crippen molar-refractivity contribution in [3.05, 3.63) is 0 Å². The molecule has 2 N–H and O–H groups in total. The lowest BCUT2D eigenvalue weighted by Gasteiger charge is -1.93. The molecule has 0 aliphatic rings. The summed E-state index contributed by atoms with van der Waals surface area (Å²) in [6.07, 6.45) is -0.0362. The molecule has 9 heavy (non-hydrogen) atoms. The van der Waals surface area contributed by atoms with Crippen LogP contribution in [0.2, 0.25) is 0 Å². The van der Waals surface area contributed by atoms with Crippen molar-refractivity contribution >= 4 is 19.9 Å². The van der Waals surface area contributed by atoms with Gasteiger partial charge in [0.1, 0.15) is 0 Å². The highest BCUT2D eigenvalue weighted by Gasteiger charge is 2.00. The van der Waals surface area contributed by atoms with Crippen LogP contribution in [0, 0.1) is 0 Å². The van der Waals surface area contributed by atoms with E-state index in [9.17, 15) is 9.59 Å². The van der Waals surface area contributed by atoms with Gasteiger partial charge >= 0.3 is 5.97 Å². The molecule has 0 fully saturated rings. The van der Waals surface area contributed by atoms with Crippen LogP contribution in [-0.4, -0.2) is 25.0 Å². The van der Waals surface area contributed by atoms with Crippen molar-refractivity contribution in [1.82, 2.24) is 5.23 Å². The van der Waals surface area contributed by atoms with Crippen LogP contribution in [0.1, 0.15) is 12.8 Å². The van der Waals surface area contributed by atoms with E-state index in [2.05, 4.69) is 5.23 Å². The molecule has 0 atom stereocenters. The van der Waals surface area contributed by atoms with Crippen molar-refractivity contribution < 1.29 is 14.7 Å². The minimum atomic E-state index is -0.946. The zero-order valence-electron chi connectivity index (χ0n) is 5.18. The Morgan fingerprint density at radius 3 is 2.33 bits per heavy atom. The van der Waals surface area contributed by atoms with Gasteiger partial charge in [0.25, 0.3) is 0 Å². The number of hydrogen-bond acceptors (Lipinski definition) is 2. The highest BCUT2D eigenvalue weighted by molar-refractivity contribution is 6.14. The lowest BCUT2D eigenvalue weighted by molar-refractivity contribution is -0.138. The predicted octanol–water partition coefficient (Wildman–Crippen LogP) is -1.48. The van der Waals surface area contributed by atoms with E-state index in [-0.39, 0.29) is 18.7 Å². The van der Waals surface area contributed by atoms with Crippen molar-refractivity contribution in [2.45, 2.75) is 12.8 Å². The smallest absolute Gasteiger partial charge is 0.303 e. The Morgan fingerprint density at radius 2 is 2.00 bits per heavy atom. The van der Waals surface area contributed by atoms with Crippen LogP contribution in [0.3, 0.4) is 0 Å². The zero-order chi connectivity index (χ0) is 7.28. The molecule has 0 rings (SSSR count). The summed E-state index contributed by atoms with van der Waals surface area (Å²) < 4.78 is 0. The molecule has 0 heterocycles. The molecular formula is C4H8BNO3. The number of carbonyl (C=O) groups excluding carboxylic acids is 1. The first-order valence-electron chi connectivity index (χ1n) is 2.59. The number of amides is 1. The first-order valence-corrected chi connectivity index (χ1v) is 2.59. The number of rotatable bonds is 3. The van der Waals surface area contributed by atoms with Gasteiger partial charge in [-0.2, -0.15) is 0 Å². The fourth-order valence-corrected chi connectivity index (χ4v) is 0.345. The maximum atomic E-state index is 10.3. The third-order valence-corrected chi connectivity index (χ3v) is 0.845. The molecule has 5 heteroatoms. The first-order chi connectivity index (χ1) is 4.16. The van der Waals surface area contributed by atoms with Gasteiger partial charge in [-0.1, -0.05) is 0 Å². The maximum absolute atomic E-state index is 10.3. The largest absolute Gasteiger partial charge is 0.481 e. The second kappa shape index (κ2) is 3.94. The molecule has 50 valence electrons. The van der Waals surface area contributed by atoms with Crippen LogP contribution in [-0.2, 0) is 9.59 Å². The SMILES string of the molecule is BNC(=O)CCC(=O)O. The van der Waals surface area contributed by atoms with E-state index in [1.54, 1.807) is 0 Å². The summed E-state index contributed by atoms with van der Waals surface area (Å²) in [7, 11) is 1.48. The standard InChI is InChI=1S/C4H8BNO3/c5-6-3(7)1-2-4(8)9/h1-2,5H2,(H,6,7)(H,8,9). The van der Waals surface area contributed by atoms with E-state index in [1.807, 2.05) is 0 Å². The van der Waals surface area contributed by atoms with Crippen LogP contribution in [0.5, 0.6) is 0 Å². The number of carboxylic acids is 1. The maximum Gasteiger partial charge on any atom is 0.303 e. The van der Waals surface area contributed by atoms with Crippen molar-refractivity contribution in [3.8, 4) is 0 Å². The minimum absolute atomic E-state index is 0.0613. The fraction of sp³-hybridized carbons (Fsp3) is 0.500. The normalized spacial score (nSPS) is 8.44. The van der Waals surface area contributed by atoms with Gasteiger partial charge in [0.05, 0.1) is 6.42 Å². The molecule has 0 aromatic carbocycles. The summed E-state index contributed by atoms with van der Waals surface area (Å²) in [5.74, 6) is -1.18. The van der Waals surface area contributed by atoms with Crippen LogP contribution < -0.4 is 5.23 Å². The lowest BCUT2D eigenvalue weighted by Crippen LogP contribution is -2.19. The monoisotopic (exact) mass is 129 g/mol. The highest BCUT2D eigenvalue weighted by atomic mass is 16.4. The molecule has 0 aromatic rings. The quantitative estimate of drug-likeness (QED) is 0.456. The summed E-state index contributed by atoms with van der Waals surface area (Å²) in [4.78, 5) is 20.2. The minimum Gasteiger partial charge on any atom is -0.481 e. The predicted molar refractivity (Wildman–Crippen MR) is 33.6 cm³/mol. The Morgan fingerprint density at radius 1 is 1.44 bits per heavy atom. The Labute approximate surface area is 53.7 Å². The van der Waals surface area contributed by atoms with Crippen LogP contribution in [0.25, 0.3) is 0 Å². The third kappa shape index (κ3) is 4.87. The van der Waals surface area contributed by atoms with Gasteiger partial charge in [0.15, 0.2) is 0 Å². The molecule has 0 radical (unpaired) electrons. The number of carboxylic acid groups (broad SMARTS) is 1. The van der Waals surface area contributed by atoms with E-state index >= 15 is 0 Å². The molecule has 1 amide bonds. The van der Waals surface area contributed by atoms with Crippen LogP contribution in [0.4, 0.5) is 0 Å². The zero-order valence-corrected chi connectivity index (χ0v) is 5.18. The van der Waals surface area contributed by atoms with Gasteiger partial charge in [0, 0.05) is 6.42 Å². The van der Waals surface area contributed by atoms with E-state index in [4.69, 9.17) is 5.11 Å². The fourth-order valence-electron chi connectivity index (χ4n) is 0.345. The summed E-state index contributed by atoms with van der Waals surface area (Å²) >= 11 is 0. The van der Waals surface area contributed by atoms with Crippen molar-refractivity contribution in [2.75, 3.05) is 0 Å². The van der Waals surface area contributed by atoms with Crippen molar-refractivity contribution in [3.63, 3.8) is 0 Å². The van der Waals surface area contributed by atoms with Gasteiger partial charge in [-0.15, -0.1) is 0 Å². The molecule has 0 aromatic heterocycles. The molecule has 0 saturated heterocycles. The van der Waals surface area contributed by atoms with Crippen molar-refractivity contribution in [2.24, 2.45) is 0 Å². The topological polar surface area (TPSA) is 66.4 Å². The highest BCUT2D eigenvalue weighted by Crippen LogP contribution is 1.86. The second-order valence-electron chi connectivity index (χ2n) is 1.57. The number of nitrogens with one attached hydrogen (secondary N) is 1. The molecule has 0 aliphatic carbocycles. The molecule has 0 spiro atoms. The lowest BCUT2D eigenvalue weighted by atomic mass is 10.2.